The van der Waals surface area contributed by atoms with Crippen molar-refractivity contribution in [3.63, 3.8) is 0 Å². The van der Waals surface area contributed by atoms with Gasteiger partial charge in [-0.25, -0.2) is 0 Å². The Hall–Kier alpha value is -4.25. The first-order valence-corrected chi connectivity index (χ1v) is 12.7. The van der Waals surface area contributed by atoms with Crippen molar-refractivity contribution >= 4 is 11.6 Å². The van der Waals surface area contributed by atoms with E-state index >= 15 is 0 Å². The quantitative estimate of drug-likeness (QED) is 0.370. The van der Waals surface area contributed by atoms with Gasteiger partial charge in [0.05, 0.1) is 6.04 Å². The molecule has 0 fully saturated rings. The molecule has 37 heavy (non-hydrogen) atoms. The Labute approximate surface area is 218 Å². The number of rotatable bonds is 5. The SMILES string of the molecule is Cc1ccccc1OCC(=O)N1Cc2ccccc2NCc2ccccc2OC[C@@H]1Cc1ccccc1. The maximum atomic E-state index is 13.8. The molecule has 1 aliphatic heterocycles. The lowest BCUT2D eigenvalue weighted by Gasteiger charge is -2.32. The number of ether oxygens (including phenoxy) is 2. The van der Waals surface area contributed by atoms with E-state index in [0.717, 1.165) is 39.4 Å². The number of hydrogen-bond acceptors (Lipinski definition) is 4. The lowest BCUT2D eigenvalue weighted by atomic mass is 10.0. The van der Waals surface area contributed by atoms with Crippen molar-refractivity contribution in [3.05, 3.63) is 125 Å². The molecular weight excluding hydrogens is 460 g/mol. The van der Waals surface area contributed by atoms with E-state index in [0.29, 0.717) is 26.1 Å². The zero-order valence-electron chi connectivity index (χ0n) is 21.1. The van der Waals surface area contributed by atoms with Crippen LogP contribution in [-0.2, 0) is 24.3 Å². The van der Waals surface area contributed by atoms with Crippen LogP contribution in [0.25, 0.3) is 0 Å². The Morgan fingerprint density at radius 1 is 0.892 bits per heavy atom. The van der Waals surface area contributed by atoms with Gasteiger partial charge in [0.1, 0.15) is 18.1 Å². The van der Waals surface area contributed by atoms with E-state index in [1.54, 1.807) is 0 Å². The minimum absolute atomic E-state index is 0.0394. The topological polar surface area (TPSA) is 50.8 Å². The van der Waals surface area contributed by atoms with Gasteiger partial charge < -0.3 is 19.7 Å². The number of nitrogens with one attached hydrogen (secondary N) is 1. The molecule has 0 aliphatic carbocycles. The fourth-order valence-corrected chi connectivity index (χ4v) is 4.69. The average Bonchev–Trinajstić information content (AvgIpc) is 2.96. The Kier molecular flexibility index (Phi) is 7.70. The predicted molar refractivity (Wildman–Crippen MR) is 147 cm³/mol. The minimum Gasteiger partial charge on any atom is -0.491 e. The van der Waals surface area contributed by atoms with Crippen molar-refractivity contribution in [2.45, 2.75) is 32.5 Å². The van der Waals surface area contributed by atoms with E-state index in [2.05, 4.69) is 35.6 Å². The van der Waals surface area contributed by atoms with Gasteiger partial charge in [-0.3, -0.25) is 4.79 Å². The number of nitrogens with zero attached hydrogens (tertiary/aromatic N) is 1. The lowest BCUT2D eigenvalue weighted by molar-refractivity contribution is -0.137. The van der Waals surface area contributed by atoms with E-state index in [1.807, 2.05) is 84.6 Å². The highest BCUT2D eigenvalue weighted by Crippen LogP contribution is 2.26. The molecule has 0 saturated heterocycles. The van der Waals surface area contributed by atoms with E-state index in [4.69, 9.17) is 9.47 Å². The van der Waals surface area contributed by atoms with Gasteiger partial charge in [-0.05, 0) is 48.2 Å². The number of anilines is 1. The lowest BCUT2D eigenvalue weighted by Crippen LogP contribution is -2.46. The molecule has 1 atom stereocenters. The highest BCUT2D eigenvalue weighted by molar-refractivity contribution is 5.78. The van der Waals surface area contributed by atoms with Crippen LogP contribution in [0.15, 0.2) is 103 Å². The Morgan fingerprint density at radius 3 is 2.43 bits per heavy atom. The van der Waals surface area contributed by atoms with Crippen LogP contribution in [0.5, 0.6) is 11.5 Å². The maximum Gasteiger partial charge on any atom is 0.261 e. The number of para-hydroxylation sites is 3. The molecule has 0 spiro atoms. The molecule has 1 aliphatic rings. The van der Waals surface area contributed by atoms with Crippen LogP contribution in [-0.4, -0.2) is 30.1 Å². The summed E-state index contributed by atoms with van der Waals surface area (Å²) in [4.78, 5) is 15.7. The van der Waals surface area contributed by atoms with E-state index in [-0.39, 0.29) is 18.6 Å². The van der Waals surface area contributed by atoms with Gasteiger partial charge in [0, 0.05) is 24.3 Å². The molecule has 5 rings (SSSR count). The van der Waals surface area contributed by atoms with Crippen molar-refractivity contribution in [1.82, 2.24) is 4.90 Å². The fraction of sp³-hybridized carbons (Fsp3) is 0.219. The Bertz CT molecular complexity index is 1340. The second kappa shape index (κ2) is 11.7. The molecule has 188 valence electrons. The standard InChI is InChI=1S/C32H32N2O3/c1-24-11-5-9-17-30(24)37-23-32(35)34-21-27-15-6-8-16-29(27)33-20-26-14-7-10-18-31(26)36-22-28(34)19-25-12-3-2-4-13-25/h2-18,28,33H,19-23H2,1H3/t28-/m0/s1. The summed E-state index contributed by atoms with van der Waals surface area (Å²) in [6.45, 7) is 3.42. The molecule has 4 aromatic rings. The molecule has 0 aromatic heterocycles. The number of benzene rings is 4. The highest BCUT2D eigenvalue weighted by Gasteiger charge is 2.27. The van der Waals surface area contributed by atoms with Gasteiger partial charge in [0.15, 0.2) is 6.61 Å². The highest BCUT2D eigenvalue weighted by atomic mass is 16.5. The Balaban J connectivity index is 1.49. The number of carbonyl (C=O) groups is 1. The zero-order chi connectivity index (χ0) is 25.5. The van der Waals surface area contributed by atoms with Crippen molar-refractivity contribution in [1.29, 1.82) is 0 Å². The first-order valence-electron chi connectivity index (χ1n) is 12.7. The van der Waals surface area contributed by atoms with E-state index < -0.39 is 0 Å². The summed E-state index contributed by atoms with van der Waals surface area (Å²) in [6, 6.07) is 34.1. The summed E-state index contributed by atoms with van der Waals surface area (Å²) in [5.74, 6) is 1.48. The van der Waals surface area contributed by atoms with Crippen LogP contribution in [0.3, 0.4) is 0 Å². The third-order valence-electron chi connectivity index (χ3n) is 6.75. The normalized spacial score (nSPS) is 15.3. The smallest absolute Gasteiger partial charge is 0.261 e. The van der Waals surface area contributed by atoms with Crippen molar-refractivity contribution in [3.8, 4) is 11.5 Å². The summed E-state index contributed by atoms with van der Waals surface area (Å²) in [7, 11) is 0. The molecule has 0 radical (unpaired) electrons. The Morgan fingerprint density at radius 2 is 1.59 bits per heavy atom. The van der Waals surface area contributed by atoms with Crippen molar-refractivity contribution in [2.24, 2.45) is 0 Å². The number of aryl methyl sites for hydroxylation is 1. The first-order chi connectivity index (χ1) is 18.2. The third-order valence-corrected chi connectivity index (χ3v) is 6.75. The largest absolute Gasteiger partial charge is 0.491 e. The molecular formula is C32H32N2O3. The molecule has 1 amide bonds. The van der Waals surface area contributed by atoms with Crippen LogP contribution in [0.2, 0.25) is 0 Å². The summed E-state index contributed by atoms with van der Waals surface area (Å²) in [6.07, 6.45) is 0.675. The number of carbonyl (C=O) groups excluding carboxylic acids is 1. The van der Waals surface area contributed by atoms with E-state index in [1.165, 1.54) is 0 Å². The van der Waals surface area contributed by atoms with Gasteiger partial charge in [-0.2, -0.15) is 0 Å². The summed E-state index contributed by atoms with van der Waals surface area (Å²) in [5.41, 5.74) is 5.31. The van der Waals surface area contributed by atoms with Gasteiger partial charge in [-0.1, -0.05) is 84.9 Å². The number of hydrogen-bond donors (Lipinski definition) is 1. The summed E-state index contributed by atoms with van der Waals surface area (Å²) in [5, 5.41) is 3.56. The second-order valence-electron chi connectivity index (χ2n) is 9.35. The zero-order valence-corrected chi connectivity index (χ0v) is 21.1. The van der Waals surface area contributed by atoms with Crippen LogP contribution < -0.4 is 14.8 Å². The van der Waals surface area contributed by atoms with Gasteiger partial charge in [0.2, 0.25) is 0 Å². The predicted octanol–water partition coefficient (Wildman–Crippen LogP) is 6.02. The van der Waals surface area contributed by atoms with Crippen molar-refractivity contribution < 1.29 is 14.3 Å². The fourth-order valence-electron chi connectivity index (χ4n) is 4.69. The molecule has 4 aromatic carbocycles. The molecule has 1 N–H and O–H groups in total. The third kappa shape index (κ3) is 6.12. The van der Waals surface area contributed by atoms with Crippen LogP contribution in [0.4, 0.5) is 5.69 Å². The molecule has 5 nitrogen and oxygen atoms in total. The first kappa shape index (κ1) is 24.4. The number of amides is 1. The van der Waals surface area contributed by atoms with Crippen LogP contribution >= 0.6 is 0 Å². The van der Waals surface area contributed by atoms with E-state index in [9.17, 15) is 4.79 Å². The summed E-state index contributed by atoms with van der Waals surface area (Å²) < 4.78 is 12.4. The molecule has 0 unspecified atom stereocenters. The molecule has 0 bridgehead atoms. The maximum absolute atomic E-state index is 13.8. The molecule has 1 heterocycles. The average molecular weight is 493 g/mol. The second-order valence-corrected chi connectivity index (χ2v) is 9.35. The summed E-state index contributed by atoms with van der Waals surface area (Å²) >= 11 is 0. The van der Waals surface area contributed by atoms with Gasteiger partial charge >= 0.3 is 0 Å². The van der Waals surface area contributed by atoms with Crippen molar-refractivity contribution in [2.75, 3.05) is 18.5 Å². The molecule has 5 heteroatoms. The monoisotopic (exact) mass is 492 g/mol. The number of fused-ring (bicyclic) bond motifs is 2. The molecule has 0 saturated carbocycles. The van der Waals surface area contributed by atoms with Gasteiger partial charge in [-0.15, -0.1) is 0 Å². The van der Waals surface area contributed by atoms with Crippen LogP contribution in [0, 0.1) is 6.92 Å². The van der Waals surface area contributed by atoms with Gasteiger partial charge in [0.25, 0.3) is 5.91 Å². The minimum atomic E-state index is -0.186. The van der Waals surface area contributed by atoms with Crippen LogP contribution in [0.1, 0.15) is 22.3 Å².